The molecular weight excluding hydrogens is 186 g/mol. The van der Waals surface area contributed by atoms with Crippen LogP contribution in [0.2, 0.25) is 0 Å². The molecule has 0 atom stereocenters. The fourth-order valence-corrected chi connectivity index (χ4v) is 0.792. The zero-order valence-corrected chi connectivity index (χ0v) is 8.01. The molecule has 0 bridgehead atoms. The monoisotopic (exact) mass is 203 g/mol. The lowest BCUT2D eigenvalue weighted by Gasteiger charge is -2.11. The van der Waals surface area contributed by atoms with Crippen LogP contribution >= 0.6 is 0 Å². The van der Waals surface area contributed by atoms with Crippen molar-refractivity contribution >= 4 is 11.9 Å². The van der Waals surface area contributed by atoms with Crippen LogP contribution in [0.1, 0.15) is 0 Å². The number of carbonyl (C=O) groups excluding carboxylic acids is 2. The van der Waals surface area contributed by atoms with Gasteiger partial charge in [-0.1, -0.05) is 0 Å². The molecule has 7 N–H and O–H groups in total. The molecule has 0 radical (unpaired) electrons. The van der Waals surface area contributed by atoms with E-state index in [4.69, 9.17) is 5.73 Å². The lowest BCUT2D eigenvalue weighted by Crippen LogP contribution is -2.39. The number of piperazine rings is 1. The predicted molar refractivity (Wildman–Crippen MR) is 52.5 cm³/mol. The van der Waals surface area contributed by atoms with Crippen LogP contribution in [-0.4, -0.2) is 44.7 Å². The summed E-state index contributed by atoms with van der Waals surface area (Å²) in [6.45, 7) is 4.34. The van der Waals surface area contributed by atoms with Crippen molar-refractivity contribution < 1.29 is 9.59 Å². The van der Waals surface area contributed by atoms with E-state index < -0.39 is 11.9 Å². The summed E-state index contributed by atoms with van der Waals surface area (Å²) >= 11 is 0. The number of hydrogen-bond donors (Lipinski definition) is 5. The topological polar surface area (TPSA) is 122 Å². The first-order valence-electron chi connectivity index (χ1n) is 4.37. The van der Waals surface area contributed by atoms with E-state index in [-0.39, 0.29) is 6.54 Å². The summed E-state index contributed by atoms with van der Waals surface area (Å²) in [5.41, 5.74) is 9.34. The molecule has 82 valence electrons. The van der Waals surface area contributed by atoms with Gasteiger partial charge in [0.25, 0.3) is 0 Å². The Kier molecular flexibility index (Phi) is 7.71. The van der Waals surface area contributed by atoms with Crippen LogP contribution in [0.5, 0.6) is 0 Å². The molecule has 1 heterocycles. The SMILES string of the molecule is C1CNCCN1.NCC(=O)NC(N)=O. The molecule has 1 aliphatic rings. The van der Waals surface area contributed by atoms with E-state index in [1.807, 2.05) is 0 Å². The van der Waals surface area contributed by atoms with Gasteiger partial charge in [-0.05, 0) is 0 Å². The number of amides is 3. The second kappa shape index (κ2) is 8.42. The van der Waals surface area contributed by atoms with Crippen molar-refractivity contribution in [2.24, 2.45) is 11.5 Å². The van der Waals surface area contributed by atoms with Crippen LogP contribution in [0.4, 0.5) is 4.79 Å². The number of hydrogen-bond acceptors (Lipinski definition) is 5. The van der Waals surface area contributed by atoms with E-state index in [0.717, 1.165) is 26.2 Å². The summed E-state index contributed by atoms with van der Waals surface area (Å²) in [5, 5.41) is 8.21. The molecule has 1 aliphatic heterocycles. The third kappa shape index (κ3) is 8.91. The van der Waals surface area contributed by atoms with Crippen molar-refractivity contribution in [3.8, 4) is 0 Å². The highest BCUT2D eigenvalue weighted by atomic mass is 16.2. The highest BCUT2D eigenvalue weighted by Crippen LogP contribution is 1.65. The van der Waals surface area contributed by atoms with E-state index >= 15 is 0 Å². The van der Waals surface area contributed by atoms with Crippen LogP contribution in [-0.2, 0) is 4.79 Å². The lowest BCUT2D eigenvalue weighted by atomic mass is 10.4. The zero-order chi connectivity index (χ0) is 10.8. The molecule has 0 saturated carbocycles. The summed E-state index contributed by atoms with van der Waals surface area (Å²) < 4.78 is 0. The maximum atomic E-state index is 10.1. The second-order valence-corrected chi connectivity index (χ2v) is 2.62. The second-order valence-electron chi connectivity index (χ2n) is 2.62. The predicted octanol–water partition coefficient (Wildman–Crippen LogP) is -2.68. The van der Waals surface area contributed by atoms with Crippen molar-refractivity contribution in [2.75, 3.05) is 32.7 Å². The fourth-order valence-electron chi connectivity index (χ4n) is 0.792. The number of imide groups is 1. The molecule has 14 heavy (non-hydrogen) atoms. The molecule has 7 nitrogen and oxygen atoms in total. The van der Waals surface area contributed by atoms with Gasteiger partial charge in [-0.25, -0.2) is 4.79 Å². The summed E-state index contributed by atoms with van der Waals surface area (Å²) in [6.07, 6.45) is 0. The van der Waals surface area contributed by atoms with Crippen LogP contribution in [0.15, 0.2) is 0 Å². The Balaban J connectivity index is 0.000000249. The Hall–Kier alpha value is -1.18. The first-order valence-corrected chi connectivity index (χ1v) is 4.37. The van der Waals surface area contributed by atoms with Crippen molar-refractivity contribution in [3.05, 3.63) is 0 Å². The van der Waals surface area contributed by atoms with E-state index in [9.17, 15) is 9.59 Å². The number of nitrogens with one attached hydrogen (secondary N) is 3. The minimum Gasteiger partial charge on any atom is -0.351 e. The van der Waals surface area contributed by atoms with E-state index in [0.29, 0.717) is 0 Å². The molecule has 0 aliphatic carbocycles. The Bertz CT molecular complexity index is 169. The molecule has 1 saturated heterocycles. The Morgan fingerprint density at radius 3 is 1.71 bits per heavy atom. The van der Waals surface area contributed by atoms with Gasteiger partial charge in [0.15, 0.2) is 0 Å². The first-order chi connectivity index (χ1) is 6.66. The largest absolute Gasteiger partial charge is 0.351 e. The van der Waals surface area contributed by atoms with E-state index in [1.165, 1.54) is 0 Å². The lowest BCUT2D eigenvalue weighted by molar-refractivity contribution is -0.118. The highest BCUT2D eigenvalue weighted by molar-refractivity contribution is 5.94. The van der Waals surface area contributed by atoms with Crippen LogP contribution in [0.25, 0.3) is 0 Å². The average Bonchev–Trinajstić information content (AvgIpc) is 2.20. The number of primary amides is 1. The Labute approximate surface area is 82.6 Å². The molecule has 0 spiro atoms. The van der Waals surface area contributed by atoms with Crippen LogP contribution in [0.3, 0.4) is 0 Å². The number of carbonyl (C=O) groups is 2. The van der Waals surface area contributed by atoms with Gasteiger partial charge < -0.3 is 22.1 Å². The van der Waals surface area contributed by atoms with Gasteiger partial charge in [0.2, 0.25) is 5.91 Å². The van der Waals surface area contributed by atoms with Crippen molar-refractivity contribution in [2.45, 2.75) is 0 Å². The van der Waals surface area contributed by atoms with Gasteiger partial charge in [0, 0.05) is 26.2 Å². The van der Waals surface area contributed by atoms with Gasteiger partial charge in [-0.15, -0.1) is 0 Å². The molecule has 1 rings (SSSR count). The first kappa shape index (κ1) is 12.8. The molecular formula is C7H17N5O2. The fraction of sp³-hybridized carbons (Fsp3) is 0.714. The van der Waals surface area contributed by atoms with E-state index in [1.54, 1.807) is 5.32 Å². The standard InChI is InChI=1S/C4H10N2.C3H7N3O2/c1-2-6-4-3-5-1;4-1-2(7)6-3(5)8/h5-6H,1-4H2;1,4H2,(H3,5,6,7,8). The zero-order valence-electron chi connectivity index (χ0n) is 8.01. The van der Waals surface area contributed by atoms with Crippen molar-refractivity contribution in [1.82, 2.24) is 16.0 Å². The van der Waals surface area contributed by atoms with Gasteiger partial charge in [-0.3, -0.25) is 10.1 Å². The van der Waals surface area contributed by atoms with E-state index in [2.05, 4.69) is 16.4 Å². The van der Waals surface area contributed by atoms with Gasteiger partial charge in [0.05, 0.1) is 6.54 Å². The van der Waals surface area contributed by atoms with Crippen LogP contribution in [0, 0.1) is 0 Å². The Morgan fingerprint density at radius 1 is 1.14 bits per heavy atom. The Morgan fingerprint density at radius 2 is 1.57 bits per heavy atom. The summed E-state index contributed by atoms with van der Waals surface area (Å²) in [4.78, 5) is 19.9. The quantitative estimate of drug-likeness (QED) is 0.318. The maximum Gasteiger partial charge on any atom is 0.318 e. The number of nitrogens with two attached hydrogens (primary N) is 2. The number of rotatable bonds is 1. The summed E-state index contributed by atoms with van der Waals surface area (Å²) in [6, 6.07) is -0.875. The van der Waals surface area contributed by atoms with Gasteiger partial charge in [0.1, 0.15) is 0 Å². The number of urea groups is 1. The normalized spacial score (nSPS) is 14.9. The minimum atomic E-state index is -0.875. The molecule has 3 amide bonds. The molecule has 0 aromatic rings. The van der Waals surface area contributed by atoms with Crippen molar-refractivity contribution in [1.29, 1.82) is 0 Å². The summed E-state index contributed by atoms with van der Waals surface area (Å²) in [5.74, 6) is -0.572. The molecule has 0 aromatic heterocycles. The smallest absolute Gasteiger partial charge is 0.318 e. The third-order valence-corrected chi connectivity index (χ3v) is 1.41. The molecule has 7 heteroatoms. The summed E-state index contributed by atoms with van der Waals surface area (Å²) in [7, 11) is 0. The molecule has 0 aromatic carbocycles. The third-order valence-electron chi connectivity index (χ3n) is 1.41. The molecule has 0 unspecified atom stereocenters. The van der Waals surface area contributed by atoms with Crippen molar-refractivity contribution in [3.63, 3.8) is 0 Å². The molecule has 1 fully saturated rings. The van der Waals surface area contributed by atoms with Gasteiger partial charge >= 0.3 is 6.03 Å². The highest BCUT2D eigenvalue weighted by Gasteiger charge is 1.97. The minimum absolute atomic E-state index is 0.219. The van der Waals surface area contributed by atoms with Crippen LogP contribution < -0.4 is 27.4 Å². The van der Waals surface area contributed by atoms with Gasteiger partial charge in [-0.2, -0.15) is 0 Å². The maximum absolute atomic E-state index is 10.1. The average molecular weight is 203 g/mol.